The zero-order chi connectivity index (χ0) is 33.2. The van der Waals surface area contributed by atoms with E-state index < -0.39 is 92.6 Å². The Morgan fingerprint density at radius 3 is 0.975 bits per heavy atom. The normalized spacial score (nSPS) is 16.6. The molecule has 1 radical (unpaired) electrons. The van der Waals surface area contributed by atoms with Gasteiger partial charge in [0.2, 0.25) is 0 Å². The lowest BCUT2D eigenvalue weighted by Crippen LogP contribution is -2.77. The maximum atomic E-state index is 14.0. The molecule has 0 aliphatic carbocycles. The Hall–Kier alpha value is -1.56. The van der Waals surface area contributed by atoms with Gasteiger partial charge in [0.1, 0.15) is 0 Å². The Morgan fingerprint density at radius 1 is 0.500 bits per heavy atom. The molecule has 0 amide bonds. The molecule has 0 spiro atoms. The Balaban J connectivity index is 7.30. The van der Waals surface area contributed by atoms with Crippen LogP contribution >= 0.6 is 0 Å². The van der Waals surface area contributed by atoms with E-state index >= 15 is 0 Å². The summed E-state index contributed by atoms with van der Waals surface area (Å²) in [4.78, 5) is 0. The molecule has 241 valence electrons. The predicted octanol–water partition coefficient (Wildman–Crippen LogP) is 7.10. The number of sulfonamides is 1. The summed E-state index contributed by atoms with van der Waals surface area (Å²) in [5.41, 5.74) is 0. The van der Waals surface area contributed by atoms with Gasteiger partial charge in [-0.3, -0.25) is 0 Å². The highest BCUT2D eigenvalue weighted by Gasteiger charge is 2.98. The molecule has 0 aliphatic rings. The molecule has 25 heteroatoms. The van der Waals surface area contributed by atoms with Crippen molar-refractivity contribution < 1.29 is 101 Å². The Labute approximate surface area is 208 Å². The summed E-state index contributed by atoms with van der Waals surface area (Å²) in [6, 6.07) is 0. The second-order valence-corrected chi connectivity index (χ2v) is 9.44. The van der Waals surface area contributed by atoms with Crippen molar-refractivity contribution in [3.05, 3.63) is 6.92 Å². The summed E-state index contributed by atoms with van der Waals surface area (Å²) in [5.74, 6) is -72.1. The molecule has 0 aromatic heterocycles. The third-order valence-electron chi connectivity index (χ3n) is 4.91. The van der Waals surface area contributed by atoms with Crippen LogP contribution in [0.25, 0.3) is 0 Å². The standard InChI is InChI=1S/C15H11F21NO2S/c1-3-5-37(4-2)40(38,39)15(35,36)13(30,31)11(26,27)9(22,23)7(18,19)6(16,17)8(20,21)10(24,25)12(28,29)14(32,33)34/h1,3-5H2,2H3. The molecule has 0 aromatic rings. The van der Waals surface area contributed by atoms with E-state index in [4.69, 9.17) is 0 Å². The van der Waals surface area contributed by atoms with Gasteiger partial charge in [-0.05, 0) is 6.42 Å². The first-order valence-corrected chi connectivity index (χ1v) is 10.7. The van der Waals surface area contributed by atoms with Crippen LogP contribution < -0.4 is 0 Å². The Bertz CT molecular complexity index is 1020. The van der Waals surface area contributed by atoms with Crippen LogP contribution in [0.1, 0.15) is 13.3 Å². The molecule has 40 heavy (non-hydrogen) atoms. The van der Waals surface area contributed by atoms with Gasteiger partial charge in [0.15, 0.2) is 0 Å². The molecule has 0 bridgehead atoms. The largest absolute Gasteiger partial charge is 0.460 e. The van der Waals surface area contributed by atoms with Gasteiger partial charge in [0.05, 0.1) is 0 Å². The number of alkyl halides is 21. The lowest BCUT2D eigenvalue weighted by atomic mass is 9.87. The molecule has 0 heterocycles. The van der Waals surface area contributed by atoms with Crippen molar-refractivity contribution in [3.63, 3.8) is 0 Å². The van der Waals surface area contributed by atoms with Gasteiger partial charge < -0.3 is 0 Å². The first-order valence-electron chi connectivity index (χ1n) is 9.28. The number of halogens is 21. The van der Waals surface area contributed by atoms with E-state index in [0.29, 0.717) is 6.92 Å². The molecule has 0 aromatic carbocycles. The number of rotatable bonds is 13. The fourth-order valence-corrected chi connectivity index (χ4v) is 3.98. The lowest BCUT2D eigenvalue weighted by molar-refractivity contribution is -0.472. The lowest BCUT2D eigenvalue weighted by Gasteiger charge is -2.44. The highest BCUT2D eigenvalue weighted by Crippen LogP contribution is 2.66. The smallest absolute Gasteiger partial charge is 0.206 e. The van der Waals surface area contributed by atoms with Gasteiger partial charge in [-0.25, -0.2) is 8.42 Å². The average molecular weight is 668 g/mol. The first-order chi connectivity index (χ1) is 17.0. The minimum atomic E-state index is -9.33. The maximum absolute atomic E-state index is 14.0. The molecular weight excluding hydrogens is 657 g/mol. The topological polar surface area (TPSA) is 37.4 Å². The van der Waals surface area contributed by atoms with Crippen LogP contribution in [0, 0.1) is 6.92 Å². The van der Waals surface area contributed by atoms with Gasteiger partial charge in [-0.1, -0.05) is 13.8 Å². The number of nitrogens with zero attached hydrogens (tertiary/aromatic N) is 1. The van der Waals surface area contributed by atoms with Gasteiger partial charge in [0, 0.05) is 13.1 Å². The molecule has 0 unspecified atom stereocenters. The van der Waals surface area contributed by atoms with E-state index in [1.807, 2.05) is 0 Å². The predicted molar refractivity (Wildman–Crippen MR) is 86.7 cm³/mol. The van der Waals surface area contributed by atoms with E-state index in [9.17, 15) is 101 Å². The van der Waals surface area contributed by atoms with Crippen LogP contribution in [0.15, 0.2) is 0 Å². The van der Waals surface area contributed by atoms with Crippen LogP contribution in [-0.2, 0) is 10.0 Å². The molecule has 3 nitrogen and oxygen atoms in total. The summed E-state index contributed by atoms with van der Waals surface area (Å²) in [7, 11) is -7.41. The Morgan fingerprint density at radius 2 is 0.750 bits per heavy atom. The first kappa shape index (κ1) is 38.4. The van der Waals surface area contributed by atoms with Crippen molar-refractivity contribution in [2.75, 3.05) is 13.1 Å². The molecule has 0 atom stereocenters. The summed E-state index contributed by atoms with van der Waals surface area (Å²) in [5, 5.41) is -7.74. The Kier molecular flexibility index (Phi) is 9.63. The van der Waals surface area contributed by atoms with Crippen LogP contribution in [0.4, 0.5) is 92.2 Å². The summed E-state index contributed by atoms with van der Waals surface area (Å²) in [6.07, 6.45) is -8.93. The zero-order valence-corrected chi connectivity index (χ0v) is 19.3. The molecule has 0 N–H and O–H groups in total. The van der Waals surface area contributed by atoms with E-state index in [1.165, 1.54) is 0 Å². The van der Waals surface area contributed by atoms with Crippen LogP contribution in [0.5, 0.6) is 0 Å². The minimum Gasteiger partial charge on any atom is -0.206 e. The number of hydrogen-bond donors (Lipinski definition) is 0. The van der Waals surface area contributed by atoms with Crippen molar-refractivity contribution in [2.24, 2.45) is 0 Å². The third-order valence-corrected chi connectivity index (χ3v) is 6.93. The minimum absolute atomic E-state index is 0.502. The third kappa shape index (κ3) is 4.63. The van der Waals surface area contributed by atoms with Crippen LogP contribution in [0.3, 0.4) is 0 Å². The van der Waals surface area contributed by atoms with E-state index in [1.54, 1.807) is 0 Å². The second-order valence-electron chi connectivity index (χ2n) is 7.46. The van der Waals surface area contributed by atoms with E-state index in [0.717, 1.165) is 0 Å². The molecule has 0 saturated heterocycles. The highest BCUT2D eigenvalue weighted by molar-refractivity contribution is 7.90. The van der Waals surface area contributed by atoms with Crippen LogP contribution in [0.2, 0.25) is 0 Å². The van der Waals surface area contributed by atoms with Crippen molar-refractivity contribution in [2.45, 2.75) is 72.2 Å². The van der Waals surface area contributed by atoms with Gasteiger partial charge in [0.25, 0.3) is 10.0 Å². The van der Waals surface area contributed by atoms with Gasteiger partial charge in [-0.15, -0.1) is 0 Å². The van der Waals surface area contributed by atoms with Gasteiger partial charge in [-0.2, -0.15) is 96.5 Å². The fourth-order valence-electron chi connectivity index (χ4n) is 2.49. The quantitative estimate of drug-likeness (QED) is 0.197. The number of hydrogen-bond acceptors (Lipinski definition) is 2. The van der Waals surface area contributed by atoms with E-state index in [-0.39, 0.29) is 0 Å². The molecule has 0 rings (SSSR count). The van der Waals surface area contributed by atoms with Gasteiger partial charge >= 0.3 is 58.8 Å². The van der Waals surface area contributed by atoms with Crippen molar-refractivity contribution in [3.8, 4) is 0 Å². The summed E-state index contributed by atoms with van der Waals surface area (Å²) in [6.45, 7) is 0.509. The summed E-state index contributed by atoms with van der Waals surface area (Å²) >= 11 is 0. The SMILES string of the molecule is [CH2]CCN(CC)S(=O)(=O)C(F)(F)C(F)(F)C(F)(F)C(F)(F)C(F)(F)C(F)(F)C(F)(F)C(F)(F)C(F)(F)C(F)(F)F. The molecular formula is C15H11F21NO2S. The monoisotopic (exact) mass is 668 g/mol. The fraction of sp³-hybridized carbons (Fsp3) is 0.933. The molecule has 0 fully saturated rings. The van der Waals surface area contributed by atoms with Crippen molar-refractivity contribution in [1.29, 1.82) is 0 Å². The second kappa shape index (κ2) is 10.0. The highest BCUT2D eigenvalue weighted by atomic mass is 32.2. The maximum Gasteiger partial charge on any atom is 0.460 e. The van der Waals surface area contributed by atoms with Crippen molar-refractivity contribution >= 4 is 10.0 Å². The van der Waals surface area contributed by atoms with Crippen molar-refractivity contribution in [1.82, 2.24) is 4.31 Å². The zero-order valence-electron chi connectivity index (χ0n) is 18.4. The van der Waals surface area contributed by atoms with E-state index in [2.05, 4.69) is 6.92 Å². The molecule has 0 saturated carbocycles. The molecule has 0 aliphatic heterocycles. The average Bonchev–Trinajstić information content (AvgIpc) is 2.75. The summed E-state index contributed by atoms with van der Waals surface area (Å²) < 4.78 is 303. The van der Waals surface area contributed by atoms with Crippen LogP contribution in [-0.4, -0.2) is 84.6 Å².